The van der Waals surface area contributed by atoms with Gasteiger partial charge in [0.15, 0.2) is 0 Å². The minimum absolute atomic E-state index is 0.209. The molecule has 0 aliphatic rings. The molecule has 0 heterocycles. The van der Waals surface area contributed by atoms with E-state index in [-0.39, 0.29) is 12.2 Å². The number of carbonyl (C=O) groups excluding carboxylic acids is 1. The second kappa shape index (κ2) is 9.37. The minimum Gasteiger partial charge on any atom is -0.495 e. The van der Waals surface area contributed by atoms with Gasteiger partial charge in [0.2, 0.25) is 15.9 Å². The molecule has 0 aliphatic heterocycles. The molecule has 0 radical (unpaired) electrons. The molecule has 0 saturated heterocycles. The third-order valence-corrected chi connectivity index (χ3v) is 5.85. The Morgan fingerprint density at radius 1 is 1.17 bits per heavy atom. The van der Waals surface area contributed by atoms with Crippen LogP contribution < -0.4 is 19.3 Å². The van der Waals surface area contributed by atoms with Crippen LogP contribution >= 0.6 is 11.6 Å². The maximum Gasteiger partial charge on any atom is 0.243 e. The Balaban J connectivity index is 2.22. The van der Waals surface area contributed by atoms with Gasteiger partial charge >= 0.3 is 0 Å². The molecular weight excluding hydrogens is 414 g/mol. The lowest BCUT2D eigenvalue weighted by atomic mass is 10.2. The Kier molecular flexibility index (Phi) is 7.37. The van der Waals surface area contributed by atoms with Gasteiger partial charge in [0, 0.05) is 31.4 Å². The van der Waals surface area contributed by atoms with Crippen molar-refractivity contribution in [1.29, 1.82) is 0 Å². The standard InChI is InChI=1S/C20H26ClN3O4S/c1-14(20(25)22-13-15-6-9-17(10-7-15)23(2)3)24(29(5,26)27)18-12-16(21)8-11-19(18)28-4/h6-12,14H,13H2,1-5H3,(H,22,25). The van der Waals surface area contributed by atoms with Crippen LogP contribution in [0.3, 0.4) is 0 Å². The van der Waals surface area contributed by atoms with E-state index < -0.39 is 22.0 Å². The van der Waals surface area contributed by atoms with Gasteiger partial charge in [-0.25, -0.2) is 8.42 Å². The quantitative estimate of drug-likeness (QED) is 0.684. The molecule has 2 rings (SSSR count). The molecule has 2 aromatic carbocycles. The van der Waals surface area contributed by atoms with Crippen LogP contribution in [0.4, 0.5) is 11.4 Å². The van der Waals surface area contributed by atoms with Crippen molar-refractivity contribution in [2.75, 3.05) is 36.7 Å². The number of carbonyl (C=O) groups is 1. The summed E-state index contributed by atoms with van der Waals surface area (Å²) < 4.78 is 31.2. The van der Waals surface area contributed by atoms with E-state index in [1.54, 1.807) is 12.1 Å². The number of nitrogens with one attached hydrogen (secondary N) is 1. The maximum absolute atomic E-state index is 12.7. The van der Waals surface area contributed by atoms with E-state index >= 15 is 0 Å². The Labute approximate surface area is 177 Å². The van der Waals surface area contributed by atoms with Gasteiger partial charge in [0.1, 0.15) is 11.8 Å². The van der Waals surface area contributed by atoms with Crippen LogP contribution in [-0.2, 0) is 21.4 Å². The van der Waals surface area contributed by atoms with Gasteiger partial charge in [0.25, 0.3) is 0 Å². The van der Waals surface area contributed by atoms with Crippen LogP contribution in [-0.4, -0.2) is 47.8 Å². The monoisotopic (exact) mass is 439 g/mol. The molecule has 0 spiro atoms. The zero-order valence-corrected chi connectivity index (χ0v) is 18.7. The van der Waals surface area contributed by atoms with Crippen molar-refractivity contribution in [1.82, 2.24) is 5.32 Å². The van der Waals surface area contributed by atoms with Crippen LogP contribution in [0.2, 0.25) is 5.02 Å². The van der Waals surface area contributed by atoms with Gasteiger partial charge in [-0.2, -0.15) is 0 Å². The predicted molar refractivity (Wildman–Crippen MR) is 117 cm³/mol. The Bertz CT molecular complexity index is 962. The summed E-state index contributed by atoms with van der Waals surface area (Å²) >= 11 is 6.05. The summed E-state index contributed by atoms with van der Waals surface area (Å²) in [5, 5.41) is 3.13. The van der Waals surface area contributed by atoms with E-state index in [1.807, 2.05) is 43.3 Å². The SMILES string of the molecule is COc1ccc(Cl)cc1N(C(C)C(=O)NCc1ccc(N(C)C)cc1)S(C)(=O)=O. The highest BCUT2D eigenvalue weighted by molar-refractivity contribution is 7.92. The Morgan fingerprint density at radius 2 is 1.79 bits per heavy atom. The van der Waals surface area contributed by atoms with E-state index in [1.165, 1.54) is 20.1 Å². The first-order valence-electron chi connectivity index (χ1n) is 8.91. The molecule has 29 heavy (non-hydrogen) atoms. The number of methoxy groups -OCH3 is 1. The van der Waals surface area contributed by atoms with E-state index in [9.17, 15) is 13.2 Å². The molecule has 0 saturated carbocycles. The molecule has 1 atom stereocenters. The smallest absolute Gasteiger partial charge is 0.243 e. The molecule has 0 fully saturated rings. The number of ether oxygens (including phenoxy) is 1. The first-order chi connectivity index (χ1) is 13.5. The normalized spacial score (nSPS) is 12.2. The molecule has 158 valence electrons. The van der Waals surface area contributed by atoms with Crippen molar-refractivity contribution in [2.24, 2.45) is 0 Å². The van der Waals surface area contributed by atoms with E-state index in [0.717, 1.165) is 21.8 Å². The molecule has 1 amide bonds. The van der Waals surface area contributed by atoms with Crippen molar-refractivity contribution >= 4 is 38.9 Å². The first kappa shape index (κ1) is 22.8. The zero-order valence-electron chi connectivity index (χ0n) is 17.1. The maximum atomic E-state index is 12.7. The zero-order chi connectivity index (χ0) is 21.8. The molecular formula is C20H26ClN3O4S. The van der Waals surface area contributed by atoms with Crippen molar-refractivity contribution in [3.8, 4) is 5.75 Å². The minimum atomic E-state index is -3.78. The largest absolute Gasteiger partial charge is 0.495 e. The number of rotatable bonds is 8. The summed E-state index contributed by atoms with van der Waals surface area (Å²) in [7, 11) is 1.54. The molecule has 2 aromatic rings. The Hall–Kier alpha value is -2.45. The van der Waals surface area contributed by atoms with E-state index in [0.29, 0.717) is 10.8 Å². The van der Waals surface area contributed by atoms with Gasteiger partial charge in [0.05, 0.1) is 19.1 Å². The molecule has 0 bridgehead atoms. The van der Waals surface area contributed by atoms with Crippen LogP contribution in [0, 0.1) is 0 Å². The van der Waals surface area contributed by atoms with Crippen molar-refractivity contribution in [3.63, 3.8) is 0 Å². The van der Waals surface area contributed by atoms with Gasteiger partial charge in [-0.05, 0) is 42.8 Å². The third-order valence-electron chi connectivity index (χ3n) is 4.39. The fraction of sp³-hybridized carbons (Fsp3) is 0.350. The molecule has 1 unspecified atom stereocenters. The van der Waals surface area contributed by atoms with Crippen LogP contribution in [0.15, 0.2) is 42.5 Å². The predicted octanol–water partition coefficient (Wildman–Crippen LogP) is 2.89. The fourth-order valence-electron chi connectivity index (χ4n) is 2.87. The van der Waals surface area contributed by atoms with E-state index in [4.69, 9.17) is 16.3 Å². The molecule has 1 N–H and O–H groups in total. The lowest BCUT2D eigenvalue weighted by molar-refractivity contribution is -0.122. The average molecular weight is 440 g/mol. The topological polar surface area (TPSA) is 79.0 Å². The lowest BCUT2D eigenvalue weighted by Gasteiger charge is -2.29. The summed E-state index contributed by atoms with van der Waals surface area (Å²) in [5.74, 6) is -0.132. The van der Waals surface area contributed by atoms with Crippen LogP contribution in [0.1, 0.15) is 12.5 Å². The molecule has 7 nitrogen and oxygen atoms in total. The molecule has 0 aliphatic carbocycles. The number of hydrogen-bond donors (Lipinski definition) is 1. The van der Waals surface area contributed by atoms with Crippen molar-refractivity contribution in [2.45, 2.75) is 19.5 Å². The summed E-state index contributed by atoms with van der Waals surface area (Å²) in [5.41, 5.74) is 2.16. The highest BCUT2D eigenvalue weighted by Crippen LogP contribution is 2.34. The van der Waals surface area contributed by atoms with Gasteiger partial charge in [-0.1, -0.05) is 23.7 Å². The van der Waals surface area contributed by atoms with Gasteiger partial charge in [-0.3, -0.25) is 9.10 Å². The summed E-state index contributed by atoms with van der Waals surface area (Å²) in [6, 6.07) is 11.3. The third kappa shape index (κ3) is 5.77. The number of sulfonamides is 1. The molecule has 0 aromatic heterocycles. The number of hydrogen-bond acceptors (Lipinski definition) is 5. The second-order valence-electron chi connectivity index (χ2n) is 6.83. The number of nitrogens with zero attached hydrogens (tertiary/aromatic N) is 2. The van der Waals surface area contributed by atoms with Crippen molar-refractivity contribution in [3.05, 3.63) is 53.1 Å². The van der Waals surface area contributed by atoms with Gasteiger partial charge < -0.3 is 15.0 Å². The summed E-state index contributed by atoms with van der Waals surface area (Å²) in [4.78, 5) is 14.7. The number of anilines is 2. The molecule has 9 heteroatoms. The number of halogens is 1. The Morgan fingerprint density at radius 3 is 2.31 bits per heavy atom. The average Bonchev–Trinajstić information content (AvgIpc) is 2.65. The number of benzene rings is 2. The fourth-order valence-corrected chi connectivity index (χ4v) is 4.20. The summed E-state index contributed by atoms with van der Waals surface area (Å²) in [6.45, 7) is 1.80. The van der Waals surface area contributed by atoms with Crippen LogP contribution in [0.5, 0.6) is 5.75 Å². The van der Waals surface area contributed by atoms with Crippen molar-refractivity contribution < 1.29 is 17.9 Å². The van der Waals surface area contributed by atoms with Gasteiger partial charge in [-0.15, -0.1) is 0 Å². The highest BCUT2D eigenvalue weighted by Gasteiger charge is 2.31. The lowest BCUT2D eigenvalue weighted by Crippen LogP contribution is -2.47. The van der Waals surface area contributed by atoms with Crippen LogP contribution in [0.25, 0.3) is 0 Å². The highest BCUT2D eigenvalue weighted by atomic mass is 35.5. The second-order valence-corrected chi connectivity index (χ2v) is 9.13. The number of amides is 1. The summed E-state index contributed by atoms with van der Waals surface area (Å²) in [6.07, 6.45) is 1.04. The first-order valence-corrected chi connectivity index (χ1v) is 11.1. The van der Waals surface area contributed by atoms with E-state index in [2.05, 4.69) is 5.32 Å².